The molecule has 0 aromatic heterocycles. The van der Waals surface area contributed by atoms with E-state index in [4.69, 9.17) is 11.6 Å². The number of hydrogen-bond donors (Lipinski definition) is 1. The maximum absolute atomic E-state index is 12.3. The minimum atomic E-state index is -0.219. The first-order valence-corrected chi connectivity index (χ1v) is 7.22. The van der Waals surface area contributed by atoms with E-state index in [-0.39, 0.29) is 17.9 Å². The second-order valence-corrected chi connectivity index (χ2v) is 6.04. The lowest BCUT2D eigenvalue weighted by Gasteiger charge is -2.18. The number of benzene rings is 1. The van der Waals surface area contributed by atoms with Gasteiger partial charge in [-0.2, -0.15) is 0 Å². The van der Waals surface area contributed by atoms with Crippen LogP contribution in [0.4, 0.5) is 0 Å². The van der Waals surface area contributed by atoms with E-state index in [9.17, 15) is 9.90 Å². The Bertz CT molecular complexity index is 491. The summed E-state index contributed by atoms with van der Waals surface area (Å²) >= 11 is 6.08. The van der Waals surface area contributed by atoms with E-state index in [1.165, 1.54) is 0 Å². The number of aliphatic hydroxyl groups excluding tert-OH is 1. The average molecular weight is 280 g/mol. The van der Waals surface area contributed by atoms with Gasteiger partial charge >= 0.3 is 0 Å². The zero-order valence-electron chi connectivity index (χ0n) is 10.8. The summed E-state index contributed by atoms with van der Waals surface area (Å²) in [6.07, 6.45) is 2.07. The molecule has 0 radical (unpaired) electrons. The zero-order valence-corrected chi connectivity index (χ0v) is 11.5. The molecule has 2 aliphatic rings. The molecule has 1 N–H and O–H groups in total. The molecule has 1 heterocycles. The maximum Gasteiger partial charge on any atom is 0.227 e. The van der Waals surface area contributed by atoms with Crippen molar-refractivity contribution in [3.05, 3.63) is 34.9 Å². The van der Waals surface area contributed by atoms with E-state index in [0.29, 0.717) is 23.9 Å². The Morgan fingerprint density at radius 1 is 1.32 bits per heavy atom. The number of amides is 1. The zero-order chi connectivity index (χ0) is 13.4. The maximum atomic E-state index is 12.3. The van der Waals surface area contributed by atoms with Crippen LogP contribution in [-0.4, -0.2) is 35.1 Å². The Morgan fingerprint density at radius 3 is 2.84 bits per heavy atom. The van der Waals surface area contributed by atoms with Gasteiger partial charge in [-0.05, 0) is 30.4 Å². The Hall–Kier alpha value is -1.06. The van der Waals surface area contributed by atoms with Crippen LogP contribution in [0.2, 0.25) is 5.02 Å². The van der Waals surface area contributed by atoms with Gasteiger partial charge in [0, 0.05) is 24.0 Å². The first kappa shape index (κ1) is 12.9. The number of rotatable bonds is 2. The van der Waals surface area contributed by atoms with Gasteiger partial charge in [-0.25, -0.2) is 0 Å². The number of carbonyl (C=O) groups is 1. The van der Waals surface area contributed by atoms with E-state index in [1.807, 2.05) is 29.2 Å². The Kier molecular flexibility index (Phi) is 3.50. The van der Waals surface area contributed by atoms with Crippen molar-refractivity contribution in [1.82, 2.24) is 4.90 Å². The highest BCUT2D eigenvalue weighted by atomic mass is 35.5. The van der Waals surface area contributed by atoms with Crippen molar-refractivity contribution in [3.8, 4) is 0 Å². The molecule has 1 aromatic carbocycles. The third-order valence-corrected chi connectivity index (χ3v) is 4.84. The van der Waals surface area contributed by atoms with Crippen LogP contribution in [0, 0.1) is 11.8 Å². The second kappa shape index (κ2) is 5.14. The average Bonchev–Trinajstić information content (AvgIpc) is 2.95. The minimum absolute atomic E-state index is 0.120. The van der Waals surface area contributed by atoms with Crippen LogP contribution in [0.25, 0.3) is 0 Å². The summed E-state index contributed by atoms with van der Waals surface area (Å²) in [7, 11) is 0. The summed E-state index contributed by atoms with van der Waals surface area (Å²) in [6.45, 7) is 1.50. The monoisotopic (exact) mass is 279 g/mol. The number of halogens is 1. The van der Waals surface area contributed by atoms with Gasteiger partial charge in [0.25, 0.3) is 0 Å². The highest BCUT2D eigenvalue weighted by Crippen LogP contribution is 2.38. The summed E-state index contributed by atoms with van der Waals surface area (Å²) in [5, 5.41) is 10.5. The van der Waals surface area contributed by atoms with Crippen molar-refractivity contribution in [2.45, 2.75) is 25.4 Å². The van der Waals surface area contributed by atoms with Crippen LogP contribution in [0.5, 0.6) is 0 Å². The van der Waals surface area contributed by atoms with Crippen molar-refractivity contribution in [2.24, 2.45) is 11.8 Å². The predicted molar refractivity (Wildman–Crippen MR) is 74.0 cm³/mol. The molecule has 0 bridgehead atoms. The molecule has 4 heteroatoms. The summed E-state index contributed by atoms with van der Waals surface area (Å²) in [6, 6.07) is 7.47. The molecular formula is C15H18ClNO2. The van der Waals surface area contributed by atoms with Crippen molar-refractivity contribution >= 4 is 17.5 Å². The first-order valence-electron chi connectivity index (χ1n) is 6.84. The fraction of sp³-hybridized carbons (Fsp3) is 0.533. The Balaban J connectivity index is 1.65. The predicted octanol–water partition coefficient (Wildman–Crippen LogP) is 2.11. The Morgan fingerprint density at radius 2 is 2.11 bits per heavy atom. The van der Waals surface area contributed by atoms with Gasteiger partial charge in [-0.15, -0.1) is 0 Å². The molecule has 1 aliphatic heterocycles. The van der Waals surface area contributed by atoms with E-state index in [2.05, 4.69) is 0 Å². The molecule has 1 amide bonds. The summed E-state index contributed by atoms with van der Waals surface area (Å²) in [5.41, 5.74) is 0.881. The van der Waals surface area contributed by atoms with Gasteiger partial charge in [0.15, 0.2) is 0 Å². The largest absolute Gasteiger partial charge is 0.393 e. The summed E-state index contributed by atoms with van der Waals surface area (Å²) in [5.74, 6) is 0.898. The smallest absolute Gasteiger partial charge is 0.227 e. The van der Waals surface area contributed by atoms with Crippen molar-refractivity contribution < 1.29 is 9.90 Å². The number of carbonyl (C=O) groups excluding carboxylic acids is 1. The SMILES string of the molecule is O=C(Cc1ccccc1Cl)N1CC2CCC(O)C2C1. The topological polar surface area (TPSA) is 40.5 Å². The van der Waals surface area contributed by atoms with Gasteiger partial charge < -0.3 is 10.0 Å². The molecule has 3 nitrogen and oxygen atoms in total. The number of hydrogen-bond acceptors (Lipinski definition) is 2. The fourth-order valence-electron chi connectivity index (χ4n) is 3.36. The van der Waals surface area contributed by atoms with E-state index >= 15 is 0 Å². The third-order valence-electron chi connectivity index (χ3n) is 4.47. The minimum Gasteiger partial charge on any atom is -0.393 e. The van der Waals surface area contributed by atoms with E-state index in [0.717, 1.165) is 24.9 Å². The fourth-order valence-corrected chi connectivity index (χ4v) is 3.56. The van der Waals surface area contributed by atoms with Gasteiger partial charge in [0.1, 0.15) is 0 Å². The molecule has 1 saturated heterocycles. The van der Waals surface area contributed by atoms with Crippen LogP contribution in [0.1, 0.15) is 18.4 Å². The number of likely N-dealkylation sites (tertiary alicyclic amines) is 1. The van der Waals surface area contributed by atoms with Crippen molar-refractivity contribution in [2.75, 3.05) is 13.1 Å². The molecule has 1 aliphatic carbocycles. The summed E-state index contributed by atoms with van der Waals surface area (Å²) < 4.78 is 0. The lowest BCUT2D eigenvalue weighted by atomic mass is 10.00. The van der Waals surface area contributed by atoms with Gasteiger partial charge in [-0.1, -0.05) is 29.8 Å². The molecular weight excluding hydrogens is 262 g/mol. The van der Waals surface area contributed by atoms with Crippen LogP contribution in [0.3, 0.4) is 0 Å². The molecule has 0 spiro atoms. The van der Waals surface area contributed by atoms with Crippen LogP contribution in [-0.2, 0) is 11.2 Å². The Labute approximate surface area is 118 Å². The standard InChI is InChI=1S/C15H18ClNO2/c16-13-4-2-1-3-10(13)7-15(19)17-8-11-5-6-14(18)12(11)9-17/h1-4,11-12,14,18H,5-9H2. The van der Waals surface area contributed by atoms with Crippen LogP contribution >= 0.6 is 11.6 Å². The number of nitrogens with zero attached hydrogens (tertiary/aromatic N) is 1. The number of fused-ring (bicyclic) bond motifs is 1. The highest BCUT2D eigenvalue weighted by Gasteiger charge is 2.43. The third kappa shape index (κ3) is 2.49. The van der Waals surface area contributed by atoms with Crippen LogP contribution < -0.4 is 0 Å². The van der Waals surface area contributed by atoms with E-state index < -0.39 is 0 Å². The van der Waals surface area contributed by atoms with Crippen molar-refractivity contribution in [3.63, 3.8) is 0 Å². The molecule has 2 fully saturated rings. The summed E-state index contributed by atoms with van der Waals surface area (Å²) in [4.78, 5) is 14.2. The van der Waals surface area contributed by atoms with E-state index in [1.54, 1.807) is 0 Å². The molecule has 3 rings (SSSR count). The molecule has 1 saturated carbocycles. The van der Waals surface area contributed by atoms with Gasteiger partial charge in [0.2, 0.25) is 5.91 Å². The van der Waals surface area contributed by atoms with Crippen LogP contribution in [0.15, 0.2) is 24.3 Å². The normalized spacial score (nSPS) is 29.6. The second-order valence-electron chi connectivity index (χ2n) is 5.64. The van der Waals surface area contributed by atoms with Gasteiger partial charge in [-0.3, -0.25) is 4.79 Å². The molecule has 19 heavy (non-hydrogen) atoms. The number of aliphatic hydroxyl groups is 1. The quantitative estimate of drug-likeness (QED) is 0.901. The van der Waals surface area contributed by atoms with Gasteiger partial charge in [0.05, 0.1) is 12.5 Å². The molecule has 3 atom stereocenters. The molecule has 3 unspecified atom stereocenters. The first-order chi connectivity index (χ1) is 9.15. The van der Waals surface area contributed by atoms with Crippen molar-refractivity contribution in [1.29, 1.82) is 0 Å². The highest BCUT2D eigenvalue weighted by molar-refractivity contribution is 6.31. The molecule has 102 valence electrons. The lowest BCUT2D eigenvalue weighted by Crippen LogP contribution is -2.32. The molecule has 1 aromatic rings. The lowest BCUT2D eigenvalue weighted by molar-refractivity contribution is -0.129.